The van der Waals surface area contributed by atoms with Crippen LogP contribution in [0.4, 0.5) is 0 Å². The normalized spacial score (nSPS) is 15.3. The molecule has 68 valence electrons. The highest BCUT2D eigenvalue weighted by atomic mass is 35.5. The van der Waals surface area contributed by atoms with Crippen LogP contribution in [0, 0.1) is 0 Å². The lowest BCUT2D eigenvalue weighted by molar-refractivity contribution is 0.348. The van der Waals surface area contributed by atoms with E-state index >= 15 is 0 Å². The summed E-state index contributed by atoms with van der Waals surface area (Å²) < 4.78 is 5.32. The second kappa shape index (κ2) is 3.75. The van der Waals surface area contributed by atoms with Crippen molar-refractivity contribution in [3.63, 3.8) is 0 Å². The van der Waals surface area contributed by atoms with Crippen molar-refractivity contribution in [2.45, 2.75) is 5.88 Å². The van der Waals surface area contributed by atoms with Crippen molar-refractivity contribution in [1.29, 1.82) is 0 Å². The molecule has 0 aliphatic carbocycles. The van der Waals surface area contributed by atoms with Gasteiger partial charge < -0.3 is 4.74 Å². The summed E-state index contributed by atoms with van der Waals surface area (Å²) in [5.41, 5.74) is 1.81. The van der Waals surface area contributed by atoms with Crippen molar-refractivity contribution in [3.8, 4) is 0 Å². The van der Waals surface area contributed by atoms with Gasteiger partial charge in [0.05, 0.1) is 18.1 Å². The summed E-state index contributed by atoms with van der Waals surface area (Å²) in [5.74, 6) is 1.12. The zero-order valence-corrected chi connectivity index (χ0v) is 7.79. The summed E-state index contributed by atoms with van der Waals surface area (Å²) >= 11 is 5.66. The fourth-order valence-electron chi connectivity index (χ4n) is 1.19. The average Bonchev–Trinajstić information content (AvgIpc) is 2.71. The van der Waals surface area contributed by atoms with E-state index in [-0.39, 0.29) is 0 Å². The van der Waals surface area contributed by atoms with Gasteiger partial charge in [0.15, 0.2) is 0 Å². The first-order chi connectivity index (χ1) is 6.40. The lowest BCUT2D eigenvalue weighted by atomic mass is 10.2. The third-order valence-electron chi connectivity index (χ3n) is 1.79. The Bertz CT molecular complexity index is 338. The zero-order chi connectivity index (χ0) is 9.10. The molecule has 0 atom stereocenters. The minimum absolute atomic E-state index is 0.418. The van der Waals surface area contributed by atoms with Crippen molar-refractivity contribution < 1.29 is 4.74 Å². The number of alkyl halides is 1. The van der Waals surface area contributed by atoms with Crippen LogP contribution < -0.4 is 0 Å². The molecule has 3 nitrogen and oxygen atoms in total. The van der Waals surface area contributed by atoms with Gasteiger partial charge in [0.25, 0.3) is 0 Å². The molecule has 13 heavy (non-hydrogen) atoms. The summed E-state index contributed by atoms with van der Waals surface area (Å²) in [6, 6.07) is 3.78. The maximum absolute atomic E-state index is 5.66. The summed E-state index contributed by atoms with van der Waals surface area (Å²) in [6.07, 6.45) is 1.72. The van der Waals surface area contributed by atoms with E-state index in [1.807, 2.05) is 12.1 Å². The van der Waals surface area contributed by atoms with E-state index in [9.17, 15) is 0 Å². The topological polar surface area (TPSA) is 34.5 Å². The van der Waals surface area contributed by atoms with Crippen LogP contribution in [0.25, 0.3) is 0 Å². The highest BCUT2D eigenvalue weighted by molar-refractivity contribution is 6.17. The highest BCUT2D eigenvalue weighted by Crippen LogP contribution is 2.09. The van der Waals surface area contributed by atoms with Crippen LogP contribution in [0.2, 0.25) is 0 Å². The van der Waals surface area contributed by atoms with Crippen LogP contribution in [0.15, 0.2) is 23.3 Å². The summed E-state index contributed by atoms with van der Waals surface area (Å²) in [6.45, 7) is 1.42. The third kappa shape index (κ3) is 1.80. The number of aromatic nitrogens is 1. The predicted molar refractivity (Wildman–Crippen MR) is 51.2 cm³/mol. The lowest BCUT2D eigenvalue weighted by Gasteiger charge is -2.01. The molecular formula is C9H9ClN2O. The summed E-state index contributed by atoms with van der Waals surface area (Å²) in [5, 5.41) is 0. The molecule has 1 aromatic heterocycles. The molecule has 1 aliphatic rings. The van der Waals surface area contributed by atoms with Crippen molar-refractivity contribution in [3.05, 3.63) is 29.6 Å². The van der Waals surface area contributed by atoms with Gasteiger partial charge in [-0.3, -0.25) is 4.98 Å². The highest BCUT2D eigenvalue weighted by Gasteiger charge is 2.10. The van der Waals surface area contributed by atoms with Crippen LogP contribution in [-0.4, -0.2) is 24.0 Å². The summed E-state index contributed by atoms with van der Waals surface area (Å²) in [7, 11) is 0. The van der Waals surface area contributed by atoms with Crippen molar-refractivity contribution in [2.24, 2.45) is 4.99 Å². The third-order valence-corrected chi connectivity index (χ3v) is 2.06. The minimum Gasteiger partial charge on any atom is -0.476 e. The van der Waals surface area contributed by atoms with Crippen molar-refractivity contribution >= 4 is 17.5 Å². The standard InChI is InChI=1S/C9H9ClN2O/c10-6-8-5-7(1-2-11-8)9-12-3-4-13-9/h1-2,5H,3-4,6H2. The van der Waals surface area contributed by atoms with E-state index < -0.39 is 0 Å². The molecule has 4 heteroatoms. The second-order valence-corrected chi connectivity index (χ2v) is 2.97. The molecule has 0 unspecified atom stereocenters. The molecule has 0 saturated heterocycles. The number of halogens is 1. The molecule has 0 N–H and O–H groups in total. The van der Waals surface area contributed by atoms with Crippen LogP contribution in [-0.2, 0) is 10.6 Å². The number of rotatable bonds is 2. The Balaban J connectivity index is 2.29. The van der Waals surface area contributed by atoms with E-state index in [0.29, 0.717) is 18.4 Å². The maximum Gasteiger partial charge on any atom is 0.216 e. The van der Waals surface area contributed by atoms with Crippen molar-refractivity contribution in [2.75, 3.05) is 13.2 Å². The SMILES string of the molecule is ClCc1cc(C2=NCCO2)ccn1. The molecule has 0 amide bonds. The Kier molecular flexibility index (Phi) is 2.45. The number of pyridine rings is 1. The van der Waals surface area contributed by atoms with Gasteiger partial charge >= 0.3 is 0 Å². The molecule has 0 aromatic carbocycles. The first-order valence-electron chi connectivity index (χ1n) is 4.08. The molecule has 1 aliphatic heterocycles. The van der Waals surface area contributed by atoms with Crippen LogP contribution >= 0.6 is 11.6 Å². The summed E-state index contributed by atoms with van der Waals surface area (Å²) in [4.78, 5) is 8.29. The number of hydrogen-bond donors (Lipinski definition) is 0. The zero-order valence-electron chi connectivity index (χ0n) is 7.03. The van der Waals surface area contributed by atoms with Gasteiger partial charge in [-0.1, -0.05) is 0 Å². The number of nitrogens with zero attached hydrogens (tertiary/aromatic N) is 2. The molecule has 2 heterocycles. The second-order valence-electron chi connectivity index (χ2n) is 2.70. The van der Waals surface area contributed by atoms with Crippen LogP contribution in [0.3, 0.4) is 0 Å². The van der Waals surface area contributed by atoms with E-state index in [0.717, 1.165) is 17.8 Å². The Labute approximate surface area is 81.4 Å². The van der Waals surface area contributed by atoms with E-state index in [1.165, 1.54) is 0 Å². The Hall–Kier alpha value is -1.09. The van der Waals surface area contributed by atoms with Gasteiger partial charge in [-0.2, -0.15) is 0 Å². The monoisotopic (exact) mass is 196 g/mol. The first-order valence-corrected chi connectivity index (χ1v) is 4.62. The number of aliphatic imine (C=N–C) groups is 1. The largest absolute Gasteiger partial charge is 0.476 e. The Morgan fingerprint density at radius 3 is 3.15 bits per heavy atom. The number of ether oxygens (including phenoxy) is 1. The van der Waals surface area contributed by atoms with Gasteiger partial charge in [0.2, 0.25) is 5.90 Å². The number of hydrogen-bond acceptors (Lipinski definition) is 3. The van der Waals surface area contributed by atoms with Gasteiger partial charge in [-0.15, -0.1) is 11.6 Å². The van der Waals surface area contributed by atoms with Crippen LogP contribution in [0.5, 0.6) is 0 Å². The van der Waals surface area contributed by atoms with Crippen LogP contribution in [0.1, 0.15) is 11.3 Å². The van der Waals surface area contributed by atoms with E-state index in [1.54, 1.807) is 6.20 Å². The van der Waals surface area contributed by atoms with Gasteiger partial charge in [0, 0.05) is 11.8 Å². The smallest absolute Gasteiger partial charge is 0.216 e. The molecular weight excluding hydrogens is 188 g/mol. The molecule has 2 rings (SSSR count). The molecule has 0 saturated carbocycles. The van der Waals surface area contributed by atoms with E-state index in [4.69, 9.17) is 16.3 Å². The minimum atomic E-state index is 0.418. The van der Waals surface area contributed by atoms with E-state index in [2.05, 4.69) is 9.98 Å². The van der Waals surface area contributed by atoms with Gasteiger partial charge in [-0.05, 0) is 12.1 Å². The molecule has 0 bridgehead atoms. The predicted octanol–water partition coefficient (Wildman–Crippen LogP) is 1.60. The maximum atomic E-state index is 5.66. The molecule has 1 aromatic rings. The molecule has 0 fully saturated rings. The quantitative estimate of drug-likeness (QED) is 0.674. The Morgan fingerprint density at radius 2 is 2.46 bits per heavy atom. The fraction of sp³-hybridized carbons (Fsp3) is 0.333. The average molecular weight is 197 g/mol. The Morgan fingerprint density at radius 1 is 1.54 bits per heavy atom. The van der Waals surface area contributed by atoms with Crippen molar-refractivity contribution in [1.82, 2.24) is 4.98 Å². The van der Waals surface area contributed by atoms with Gasteiger partial charge in [0.1, 0.15) is 6.61 Å². The van der Waals surface area contributed by atoms with Gasteiger partial charge in [-0.25, -0.2) is 4.99 Å². The fourth-order valence-corrected chi connectivity index (χ4v) is 1.34. The lowest BCUT2D eigenvalue weighted by Crippen LogP contribution is -2.02. The molecule has 0 spiro atoms. The first kappa shape index (κ1) is 8.51. The molecule has 0 radical (unpaired) electrons.